The maximum absolute atomic E-state index is 11.8. The van der Waals surface area contributed by atoms with Crippen molar-refractivity contribution in [2.75, 3.05) is 19.7 Å². The predicted molar refractivity (Wildman–Crippen MR) is 78.1 cm³/mol. The van der Waals surface area contributed by atoms with Crippen LogP contribution in [0.3, 0.4) is 0 Å². The van der Waals surface area contributed by atoms with Gasteiger partial charge in [-0.1, -0.05) is 43.7 Å². The first-order chi connectivity index (χ1) is 9.12. The summed E-state index contributed by atoms with van der Waals surface area (Å²) >= 11 is 0. The van der Waals surface area contributed by atoms with Crippen LogP contribution in [0.1, 0.15) is 44.4 Å². The predicted octanol–water partition coefficient (Wildman–Crippen LogP) is 3.33. The number of aryl methyl sites for hydroxylation is 1. The van der Waals surface area contributed by atoms with Gasteiger partial charge < -0.3 is 4.74 Å². The second-order valence-corrected chi connectivity index (χ2v) is 4.66. The molecular weight excluding hydrogens is 238 g/mol. The molecule has 106 valence electrons. The van der Waals surface area contributed by atoms with Crippen molar-refractivity contribution in [2.24, 2.45) is 0 Å². The number of rotatable bonds is 7. The highest BCUT2D eigenvalue weighted by molar-refractivity contribution is 5.70. The molecule has 0 spiro atoms. The van der Waals surface area contributed by atoms with Crippen LogP contribution in [-0.2, 0) is 9.53 Å². The zero-order valence-electron chi connectivity index (χ0n) is 12.5. The lowest BCUT2D eigenvalue weighted by Crippen LogP contribution is -2.30. The monoisotopic (exact) mass is 263 g/mol. The Balaban J connectivity index is 2.91. The largest absolute Gasteiger partial charge is 0.466 e. The average Bonchev–Trinajstić information content (AvgIpc) is 2.40. The standard InChI is InChI=1S/C16H25NO2/c1-5-17(6-2)15(12-16(18)19-7-3)14-10-8-13(4)9-11-14/h8-11,15H,5-7,12H2,1-4H3. The van der Waals surface area contributed by atoms with E-state index in [1.807, 2.05) is 6.92 Å². The average molecular weight is 263 g/mol. The molecule has 0 aliphatic carbocycles. The molecule has 0 aromatic heterocycles. The summed E-state index contributed by atoms with van der Waals surface area (Å²) in [6.45, 7) is 10.4. The molecule has 0 N–H and O–H groups in total. The fraction of sp³-hybridized carbons (Fsp3) is 0.562. The maximum atomic E-state index is 11.8. The van der Waals surface area contributed by atoms with Gasteiger partial charge in [-0.05, 0) is 32.5 Å². The fourth-order valence-electron chi connectivity index (χ4n) is 2.29. The molecular formula is C16H25NO2. The highest BCUT2D eigenvalue weighted by Crippen LogP contribution is 2.25. The van der Waals surface area contributed by atoms with Crippen molar-refractivity contribution < 1.29 is 9.53 Å². The zero-order chi connectivity index (χ0) is 14.3. The van der Waals surface area contributed by atoms with Crippen molar-refractivity contribution in [3.05, 3.63) is 35.4 Å². The zero-order valence-corrected chi connectivity index (χ0v) is 12.5. The van der Waals surface area contributed by atoms with Gasteiger partial charge in [-0.2, -0.15) is 0 Å². The van der Waals surface area contributed by atoms with Crippen LogP contribution in [0.2, 0.25) is 0 Å². The van der Waals surface area contributed by atoms with E-state index < -0.39 is 0 Å². The van der Waals surface area contributed by atoms with Crippen molar-refractivity contribution in [1.29, 1.82) is 0 Å². The van der Waals surface area contributed by atoms with Gasteiger partial charge in [0, 0.05) is 6.04 Å². The summed E-state index contributed by atoms with van der Waals surface area (Å²) in [6.07, 6.45) is 0.415. The van der Waals surface area contributed by atoms with Crippen LogP contribution in [0.15, 0.2) is 24.3 Å². The van der Waals surface area contributed by atoms with E-state index in [4.69, 9.17) is 4.74 Å². The minimum Gasteiger partial charge on any atom is -0.466 e. The highest BCUT2D eigenvalue weighted by atomic mass is 16.5. The fourth-order valence-corrected chi connectivity index (χ4v) is 2.29. The summed E-state index contributed by atoms with van der Waals surface area (Å²) in [6, 6.07) is 8.51. The van der Waals surface area contributed by atoms with E-state index in [1.54, 1.807) is 0 Å². The molecule has 1 aromatic rings. The van der Waals surface area contributed by atoms with Gasteiger partial charge in [-0.15, -0.1) is 0 Å². The van der Waals surface area contributed by atoms with E-state index in [-0.39, 0.29) is 12.0 Å². The SMILES string of the molecule is CCOC(=O)CC(c1ccc(C)cc1)N(CC)CC. The van der Waals surface area contributed by atoms with E-state index in [0.29, 0.717) is 13.0 Å². The Morgan fingerprint density at radius 2 is 1.74 bits per heavy atom. The van der Waals surface area contributed by atoms with E-state index in [9.17, 15) is 4.79 Å². The summed E-state index contributed by atoms with van der Waals surface area (Å²) < 4.78 is 5.09. The van der Waals surface area contributed by atoms with Crippen LogP contribution < -0.4 is 0 Å². The Hall–Kier alpha value is -1.35. The topological polar surface area (TPSA) is 29.5 Å². The van der Waals surface area contributed by atoms with Gasteiger partial charge in [0.1, 0.15) is 0 Å². The van der Waals surface area contributed by atoms with Crippen LogP contribution in [0, 0.1) is 6.92 Å². The van der Waals surface area contributed by atoms with Crippen LogP contribution in [0.25, 0.3) is 0 Å². The smallest absolute Gasteiger partial charge is 0.307 e. The Morgan fingerprint density at radius 3 is 2.21 bits per heavy atom. The molecule has 0 radical (unpaired) electrons. The number of carbonyl (C=O) groups excluding carboxylic acids is 1. The second-order valence-electron chi connectivity index (χ2n) is 4.66. The van der Waals surface area contributed by atoms with Gasteiger partial charge in [0.15, 0.2) is 0 Å². The lowest BCUT2D eigenvalue weighted by atomic mass is 10.0. The normalized spacial score (nSPS) is 12.5. The summed E-state index contributed by atoms with van der Waals surface area (Å²) in [7, 11) is 0. The number of ether oxygens (including phenoxy) is 1. The molecule has 0 aliphatic heterocycles. The molecule has 0 aliphatic rings. The molecule has 0 heterocycles. The van der Waals surface area contributed by atoms with Gasteiger partial charge in [0.05, 0.1) is 13.0 Å². The first kappa shape index (κ1) is 15.7. The molecule has 1 rings (SSSR count). The van der Waals surface area contributed by atoms with E-state index in [1.165, 1.54) is 11.1 Å². The third-order valence-electron chi connectivity index (χ3n) is 3.38. The molecule has 0 saturated heterocycles. The molecule has 3 heteroatoms. The molecule has 0 saturated carbocycles. The van der Waals surface area contributed by atoms with Crippen molar-refractivity contribution >= 4 is 5.97 Å². The molecule has 0 fully saturated rings. The van der Waals surface area contributed by atoms with Crippen LogP contribution in [0.4, 0.5) is 0 Å². The molecule has 3 nitrogen and oxygen atoms in total. The highest BCUT2D eigenvalue weighted by Gasteiger charge is 2.21. The minimum atomic E-state index is -0.125. The number of nitrogens with zero attached hydrogens (tertiary/aromatic N) is 1. The van der Waals surface area contributed by atoms with Gasteiger partial charge in [-0.25, -0.2) is 0 Å². The summed E-state index contributed by atoms with van der Waals surface area (Å²) in [5, 5.41) is 0. The van der Waals surface area contributed by atoms with Crippen LogP contribution in [-0.4, -0.2) is 30.6 Å². The van der Waals surface area contributed by atoms with Crippen molar-refractivity contribution in [3.63, 3.8) is 0 Å². The van der Waals surface area contributed by atoms with Crippen LogP contribution >= 0.6 is 0 Å². The van der Waals surface area contributed by atoms with Crippen LogP contribution in [0.5, 0.6) is 0 Å². The number of hydrogen-bond acceptors (Lipinski definition) is 3. The van der Waals surface area contributed by atoms with Gasteiger partial charge in [0.25, 0.3) is 0 Å². The molecule has 1 unspecified atom stereocenters. The minimum absolute atomic E-state index is 0.106. The maximum Gasteiger partial charge on any atom is 0.307 e. The molecule has 0 amide bonds. The Kier molecular flexibility index (Phi) is 6.57. The van der Waals surface area contributed by atoms with Gasteiger partial charge >= 0.3 is 5.97 Å². The van der Waals surface area contributed by atoms with Crippen molar-refractivity contribution in [3.8, 4) is 0 Å². The first-order valence-electron chi connectivity index (χ1n) is 7.08. The molecule has 1 aromatic carbocycles. The van der Waals surface area contributed by atoms with Crippen molar-refractivity contribution in [1.82, 2.24) is 4.90 Å². The Morgan fingerprint density at radius 1 is 1.16 bits per heavy atom. The quantitative estimate of drug-likeness (QED) is 0.707. The van der Waals surface area contributed by atoms with Gasteiger partial charge in [-0.3, -0.25) is 9.69 Å². The first-order valence-corrected chi connectivity index (χ1v) is 7.08. The number of carbonyl (C=O) groups is 1. The third-order valence-corrected chi connectivity index (χ3v) is 3.38. The Labute approximate surface area is 116 Å². The van der Waals surface area contributed by atoms with Gasteiger partial charge in [0.2, 0.25) is 0 Å². The number of hydrogen-bond donors (Lipinski definition) is 0. The van der Waals surface area contributed by atoms with Crippen molar-refractivity contribution in [2.45, 2.75) is 40.2 Å². The number of esters is 1. The number of benzene rings is 1. The summed E-state index contributed by atoms with van der Waals surface area (Å²) in [5.41, 5.74) is 2.42. The Bertz CT molecular complexity index is 382. The molecule has 19 heavy (non-hydrogen) atoms. The molecule has 1 atom stereocenters. The summed E-state index contributed by atoms with van der Waals surface area (Å²) in [4.78, 5) is 14.1. The second kappa shape index (κ2) is 7.95. The summed E-state index contributed by atoms with van der Waals surface area (Å²) in [5.74, 6) is -0.125. The third kappa shape index (κ3) is 4.67. The molecule has 0 bridgehead atoms. The lowest BCUT2D eigenvalue weighted by Gasteiger charge is -2.29. The van der Waals surface area contributed by atoms with E-state index in [2.05, 4.69) is 49.9 Å². The lowest BCUT2D eigenvalue weighted by molar-refractivity contribution is -0.144. The van der Waals surface area contributed by atoms with E-state index in [0.717, 1.165) is 13.1 Å². The van der Waals surface area contributed by atoms with E-state index >= 15 is 0 Å².